The number of amides is 2. The Morgan fingerprint density at radius 3 is 2.26 bits per heavy atom. The van der Waals surface area contributed by atoms with Gasteiger partial charge in [-0.2, -0.15) is 11.3 Å². The molecule has 4 aromatic rings. The zero-order valence-electron chi connectivity index (χ0n) is 17.9. The van der Waals surface area contributed by atoms with E-state index < -0.39 is 5.91 Å². The fraction of sp³-hybridized carbons (Fsp3) is 0. The largest absolute Gasteiger partial charge is 0.321 e. The lowest BCUT2D eigenvalue weighted by atomic mass is 10.1. The highest BCUT2D eigenvalue weighted by Gasteiger charge is 2.15. The molecule has 2 heterocycles. The lowest BCUT2D eigenvalue weighted by Gasteiger charge is -2.11. The Labute approximate surface area is 205 Å². The predicted molar refractivity (Wildman–Crippen MR) is 139 cm³/mol. The smallest absolute Gasteiger partial charge is 0.272 e. The van der Waals surface area contributed by atoms with Gasteiger partial charge >= 0.3 is 0 Å². The fourth-order valence-electron chi connectivity index (χ4n) is 3.01. The lowest BCUT2D eigenvalue weighted by molar-refractivity contribution is -0.113. The van der Waals surface area contributed by atoms with Crippen molar-refractivity contribution < 1.29 is 14.4 Å². The minimum Gasteiger partial charge on any atom is -0.321 e. The molecular formula is C27H20N2O3S2. The van der Waals surface area contributed by atoms with E-state index in [4.69, 9.17) is 0 Å². The Balaban J connectivity index is 1.46. The Morgan fingerprint density at radius 2 is 1.59 bits per heavy atom. The zero-order chi connectivity index (χ0) is 23.8. The van der Waals surface area contributed by atoms with Crippen LogP contribution in [0.3, 0.4) is 0 Å². The van der Waals surface area contributed by atoms with E-state index in [-0.39, 0.29) is 17.4 Å². The number of hydrogen-bond acceptors (Lipinski definition) is 5. The van der Waals surface area contributed by atoms with Gasteiger partial charge in [0.2, 0.25) is 0 Å². The van der Waals surface area contributed by atoms with Crippen LogP contribution in [0.25, 0.3) is 12.2 Å². The molecule has 0 fully saturated rings. The Hall–Kier alpha value is -4.07. The molecule has 7 heteroatoms. The lowest BCUT2D eigenvalue weighted by Crippen LogP contribution is -2.30. The number of ketones is 1. The predicted octanol–water partition coefficient (Wildman–Crippen LogP) is 6.12. The van der Waals surface area contributed by atoms with Crippen LogP contribution in [0, 0.1) is 0 Å². The van der Waals surface area contributed by atoms with Crippen molar-refractivity contribution >= 4 is 58.1 Å². The SMILES string of the molecule is O=C(Nc1ccc(C(=O)/C=C/c2ccsc2)cc1)/C(=C/c1cccs1)NC(=O)c1ccccc1. The molecule has 0 aliphatic heterocycles. The molecule has 0 saturated carbocycles. The van der Waals surface area contributed by atoms with Crippen LogP contribution in [0.4, 0.5) is 5.69 Å². The topological polar surface area (TPSA) is 75.3 Å². The summed E-state index contributed by atoms with van der Waals surface area (Å²) in [6.07, 6.45) is 4.93. The zero-order valence-corrected chi connectivity index (χ0v) is 19.6. The maximum Gasteiger partial charge on any atom is 0.272 e. The molecular weight excluding hydrogens is 464 g/mol. The molecule has 34 heavy (non-hydrogen) atoms. The van der Waals surface area contributed by atoms with Crippen molar-refractivity contribution in [2.24, 2.45) is 0 Å². The number of rotatable bonds is 8. The summed E-state index contributed by atoms with van der Waals surface area (Å²) in [4.78, 5) is 38.8. The molecule has 2 N–H and O–H groups in total. The van der Waals surface area contributed by atoms with Gasteiger partial charge in [0.05, 0.1) is 0 Å². The standard InChI is InChI=1S/C27H20N2O3S2/c30-25(13-8-19-14-16-33-18-19)20-9-11-22(12-10-20)28-27(32)24(17-23-7-4-15-34-23)29-26(31)21-5-2-1-3-6-21/h1-18H,(H,28,32)(H,29,31)/b13-8+,24-17-. The van der Waals surface area contributed by atoms with Crippen LogP contribution in [-0.4, -0.2) is 17.6 Å². The minimum absolute atomic E-state index is 0.121. The molecule has 0 bridgehead atoms. The molecule has 2 aromatic carbocycles. The Kier molecular flexibility index (Phi) is 7.60. The van der Waals surface area contributed by atoms with Crippen molar-refractivity contribution in [2.75, 3.05) is 5.32 Å². The molecule has 4 rings (SSSR count). The van der Waals surface area contributed by atoms with E-state index in [1.807, 2.05) is 40.4 Å². The number of allylic oxidation sites excluding steroid dienone is 1. The van der Waals surface area contributed by atoms with Gasteiger partial charge in [-0.3, -0.25) is 14.4 Å². The summed E-state index contributed by atoms with van der Waals surface area (Å²) < 4.78 is 0. The first-order chi connectivity index (χ1) is 16.6. The summed E-state index contributed by atoms with van der Waals surface area (Å²) in [5, 5.41) is 11.3. The number of carbonyl (C=O) groups excluding carboxylic acids is 3. The van der Waals surface area contributed by atoms with Gasteiger partial charge in [0.15, 0.2) is 5.78 Å². The second kappa shape index (κ2) is 11.2. The van der Waals surface area contributed by atoms with Gasteiger partial charge in [-0.05, 0) is 82.4 Å². The highest BCUT2D eigenvalue weighted by molar-refractivity contribution is 7.10. The molecule has 0 spiro atoms. The maximum absolute atomic E-state index is 13.0. The second-order valence-electron chi connectivity index (χ2n) is 7.18. The molecule has 0 radical (unpaired) electrons. The quantitative estimate of drug-likeness (QED) is 0.234. The van der Waals surface area contributed by atoms with Gasteiger partial charge in [0.25, 0.3) is 11.8 Å². The van der Waals surface area contributed by atoms with Crippen molar-refractivity contribution in [2.45, 2.75) is 0 Å². The highest BCUT2D eigenvalue weighted by atomic mass is 32.1. The number of anilines is 1. The average molecular weight is 485 g/mol. The van der Waals surface area contributed by atoms with Crippen LogP contribution < -0.4 is 10.6 Å². The third-order valence-corrected chi connectivity index (χ3v) is 6.28. The summed E-state index contributed by atoms with van der Waals surface area (Å²) >= 11 is 3.02. The molecule has 0 aliphatic rings. The maximum atomic E-state index is 13.0. The molecule has 2 aromatic heterocycles. The van der Waals surface area contributed by atoms with E-state index in [2.05, 4.69) is 10.6 Å². The number of hydrogen-bond donors (Lipinski definition) is 2. The van der Waals surface area contributed by atoms with Crippen LogP contribution in [-0.2, 0) is 4.79 Å². The van der Waals surface area contributed by atoms with Crippen molar-refractivity contribution in [1.29, 1.82) is 0 Å². The minimum atomic E-state index is -0.464. The third kappa shape index (κ3) is 6.25. The van der Waals surface area contributed by atoms with Crippen molar-refractivity contribution in [3.8, 4) is 0 Å². The number of nitrogens with one attached hydrogen (secondary N) is 2. The molecule has 5 nitrogen and oxygen atoms in total. The molecule has 0 unspecified atom stereocenters. The van der Waals surface area contributed by atoms with Crippen molar-refractivity contribution in [3.05, 3.63) is 122 Å². The average Bonchev–Trinajstić information content (AvgIpc) is 3.57. The molecule has 0 saturated heterocycles. The van der Waals surface area contributed by atoms with E-state index in [9.17, 15) is 14.4 Å². The number of carbonyl (C=O) groups is 3. The number of thiophene rings is 2. The van der Waals surface area contributed by atoms with E-state index in [1.54, 1.807) is 72.0 Å². The normalized spacial score (nSPS) is 11.4. The van der Waals surface area contributed by atoms with E-state index in [0.717, 1.165) is 10.4 Å². The highest BCUT2D eigenvalue weighted by Crippen LogP contribution is 2.16. The fourth-order valence-corrected chi connectivity index (χ4v) is 4.30. The molecule has 2 amide bonds. The van der Waals surface area contributed by atoms with Gasteiger partial charge in [0.1, 0.15) is 5.70 Å². The van der Waals surface area contributed by atoms with Crippen LogP contribution in [0.1, 0.15) is 31.2 Å². The van der Waals surface area contributed by atoms with Crippen LogP contribution in [0.2, 0.25) is 0 Å². The summed E-state index contributed by atoms with van der Waals surface area (Å²) in [5.74, 6) is -0.969. The summed E-state index contributed by atoms with van der Waals surface area (Å²) in [6.45, 7) is 0. The van der Waals surface area contributed by atoms with E-state index in [1.165, 1.54) is 17.4 Å². The van der Waals surface area contributed by atoms with Crippen LogP contribution in [0.5, 0.6) is 0 Å². The summed E-state index contributed by atoms with van der Waals surface area (Å²) in [6, 6.07) is 21.0. The monoisotopic (exact) mass is 484 g/mol. The first-order valence-electron chi connectivity index (χ1n) is 10.4. The van der Waals surface area contributed by atoms with Gasteiger partial charge in [-0.1, -0.05) is 30.3 Å². The second-order valence-corrected chi connectivity index (χ2v) is 8.94. The van der Waals surface area contributed by atoms with Crippen molar-refractivity contribution in [3.63, 3.8) is 0 Å². The van der Waals surface area contributed by atoms with E-state index >= 15 is 0 Å². The van der Waals surface area contributed by atoms with Gasteiger partial charge in [-0.25, -0.2) is 0 Å². The van der Waals surface area contributed by atoms with Crippen molar-refractivity contribution in [1.82, 2.24) is 5.32 Å². The molecule has 0 atom stereocenters. The molecule has 0 aliphatic carbocycles. The van der Waals surface area contributed by atoms with Gasteiger partial charge in [0, 0.05) is 21.7 Å². The number of benzene rings is 2. The Bertz CT molecular complexity index is 1320. The summed E-state index contributed by atoms with van der Waals surface area (Å²) in [7, 11) is 0. The van der Waals surface area contributed by atoms with E-state index in [0.29, 0.717) is 16.8 Å². The Morgan fingerprint density at radius 1 is 0.794 bits per heavy atom. The van der Waals surface area contributed by atoms with Crippen LogP contribution >= 0.6 is 22.7 Å². The first kappa shape index (κ1) is 23.1. The van der Waals surface area contributed by atoms with Crippen LogP contribution in [0.15, 0.2) is 101 Å². The third-order valence-electron chi connectivity index (χ3n) is 4.76. The van der Waals surface area contributed by atoms with Gasteiger partial charge in [-0.15, -0.1) is 11.3 Å². The summed E-state index contributed by atoms with van der Waals surface area (Å²) in [5.41, 5.74) is 2.57. The molecule has 168 valence electrons. The van der Waals surface area contributed by atoms with Gasteiger partial charge < -0.3 is 10.6 Å². The first-order valence-corrected chi connectivity index (χ1v) is 12.2.